The Kier molecular flexibility index (Phi) is 8.98. The average molecular weight is 400 g/mol. The van der Waals surface area contributed by atoms with Gasteiger partial charge in [-0.3, -0.25) is 9.59 Å². The molecule has 7 nitrogen and oxygen atoms in total. The number of anilines is 1. The highest BCUT2D eigenvalue weighted by Crippen LogP contribution is 2.18. The Morgan fingerprint density at radius 3 is 2.21 bits per heavy atom. The third-order valence-electron chi connectivity index (χ3n) is 4.07. The van der Waals surface area contributed by atoms with Crippen LogP contribution in [0.5, 0.6) is 11.5 Å². The normalized spacial score (nSPS) is 10.5. The summed E-state index contributed by atoms with van der Waals surface area (Å²) < 4.78 is 11.0. The summed E-state index contributed by atoms with van der Waals surface area (Å²) in [5, 5.41) is 13.6. The number of hydrogen-bond donors (Lipinski definition) is 3. The van der Waals surface area contributed by atoms with Gasteiger partial charge in [-0.15, -0.1) is 0 Å². The highest BCUT2D eigenvalue weighted by Gasteiger charge is 2.07. The van der Waals surface area contributed by atoms with E-state index < -0.39 is 12.6 Å². The van der Waals surface area contributed by atoms with E-state index in [0.29, 0.717) is 29.5 Å². The molecule has 0 atom stereocenters. The second-order valence-corrected chi connectivity index (χ2v) is 6.93. The first-order chi connectivity index (χ1) is 14.0. The lowest BCUT2D eigenvalue weighted by Crippen LogP contribution is -2.29. The summed E-state index contributed by atoms with van der Waals surface area (Å²) in [6.45, 7) is 4.41. The molecular weight excluding hydrogens is 372 g/mol. The zero-order valence-electron chi connectivity index (χ0n) is 16.8. The second-order valence-electron chi connectivity index (χ2n) is 6.93. The van der Waals surface area contributed by atoms with Crippen molar-refractivity contribution in [3.63, 3.8) is 0 Å². The van der Waals surface area contributed by atoms with E-state index in [1.807, 2.05) is 0 Å². The molecule has 0 saturated carbocycles. The molecule has 0 fully saturated rings. The molecule has 0 spiro atoms. The molecule has 0 radical (unpaired) electrons. The second kappa shape index (κ2) is 11.7. The Bertz CT molecular complexity index is 773. The summed E-state index contributed by atoms with van der Waals surface area (Å²) in [6.07, 6.45) is 2.13. The van der Waals surface area contributed by atoms with Gasteiger partial charge in [0, 0.05) is 11.3 Å². The van der Waals surface area contributed by atoms with Crippen molar-refractivity contribution in [2.75, 3.05) is 25.3 Å². The lowest BCUT2D eigenvalue weighted by molar-refractivity contribution is -0.124. The first-order valence-corrected chi connectivity index (χ1v) is 9.62. The van der Waals surface area contributed by atoms with Gasteiger partial charge in [-0.1, -0.05) is 13.8 Å². The lowest BCUT2D eigenvalue weighted by atomic mass is 10.1. The smallest absolute Gasteiger partial charge is 0.259 e. The van der Waals surface area contributed by atoms with Crippen molar-refractivity contribution in [3.05, 3.63) is 54.1 Å². The maximum Gasteiger partial charge on any atom is 0.259 e. The van der Waals surface area contributed by atoms with Crippen LogP contribution < -0.4 is 20.1 Å². The van der Waals surface area contributed by atoms with E-state index in [9.17, 15) is 9.59 Å². The van der Waals surface area contributed by atoms with Gasteiger partial charge in [0.1, 0.15) is 18.2 Å². The molecule has 2 aromatic carbocycles. The quantitative estimate of drug-likeness (QED) is 0.398. The first kappa shape index (κ1) is 22.2. The van der Waals surface area contributed by atoms with E-state index in [2.05, 4.69) is 24.5 Å². The fraction of sp³-hybridized carbons (Fsp3) is 0.364. The fourth-order valence-electron chi connectivity index (χ4n) is 2.51. The summed E-state index contributed by atoms with van der Waals surface area (Å²) in [7, 11) is 0. The van der Waals surface area contributed by atoms with E-state index in [0.717, 1.165) is 18.6 Å². The number of carbonyl (C=O) groups excluding carboxylic acids is 2. The number of amides is 2. The average Bonchev–Trinajstić information content (AvgIpc) is 2.71. The number of benzene rings is 2. The summed E-state index contributed by atoms with van der Waals surface area (Å²) in [5.74, 6) is 1.24. The van der Waals surface area contributed by atoms with E-state index in [1.165, 1.54) is 0 Å². The molecule has 0 unspecified atom stereocenters. The van der Waals surface area contributed by atoms with Crippen LogP contribution in [-0.4, -0.2) is 36.9 Å². The highest BCUT2D eigenvalue weighted by molar-refractivity contribution is 6.04. The van der Waals surface area contributed by atoms with Crippen molar-refractivity contribution >= 4 is 17.5 Å². The zero-order chi connectivity index (χ0) is 21.1. The molecule has 3 N–H and O–H groups in total. The number of rotatable bonds is 11. The third-order valence-corrected chi connectivity index (χ3v) is 4.07. The Morgan fingerprint density at radius 2 is 1.59 bits per heavy atom. The van der Waals surface area contributed by atoms with Crippen LogP contribution in [-0.2, 0) is 4.79 Å². The van der Waals surface area contributed by atoms with Crippen LogP contribution in [0.4, 0.5) is 5.69 Å². The maximum absolute atomic E-state index is 12.4. The standard InChI is InChI=1S/C22H28N2O5/c1-16(2)4-3-13-28-19-9-5-17(6-10-19)22(27)24-18-7-11-20(12-8-18)29-14-21(26)23-15-25/h5-12,16,25H,3-4,13-15H2,1-2H3,(H,23,26)(H,24,27). The topological polar surface area (TPSA) is 96.9 Å². The van der Waals surface area contributed by atoms with Crippen molar-refractivity contribution in [1.82, 2.24) is 5.32 Å². The fourth-order valence-corrected chi connectivity index (χ4v) is 2.51. The molecule has 156 valence electrons. The molecule has 29 heavy (non-hydrogen) atoms. The lowest BCUT2D eigenvalue weighted by Gasteiger charge is -2.10. The van der Waals surface area contributed by atoms with E-state index in [-0.39, 0.29) is 12.5 Å². The van der Waals surface area contributed by atoms with Gasteiger partial charge in [0.15, 0.2) is 6.61 Å². The van der Waals surface area contributed by atoms with Crippen LogP contribution in [0, 0.1) is 5.92 Å². The molecule has 0 heterocycles. The van der Waals surface area contributed by atoms with Gasteiger partial charge >= 0.3 is 0 Å². The van der Waals surface area contributed by atoms with Gasteiger partial charge < -0.3 is 25.2 Å². The summed E-state index contributed by atoms with van der Waals surface area (Å²) >= 11 is 0. The first-order valence-electron chi connectivity index (χ1n) is 9.62. The molecule has 7 heteroatoms. The third kappa shape index (κ3) is 8.23. The van der Waals surface area contributed by atoms with Gasteiger partial charge in [-0.2, -0.15) is 0 Å². The van der Waals surface area contributed by atoms with Crippen molar-refractivity contribution in [1.29, 1.82) is 0 Å². The summed E-state index contributed by atoms with van der Waals surface area (Å²) in [6, 6.07) is 13.7. The SMILES string of the molecule is CC(C)CCCOc1ccc(C(=O)Nc2ccc(OCC(=O)NCO)cc2)cc1. The van der Waals surface area contributed by atoms with Crippen LogP contribution in [0.15, 0.2) is 48.5 Å². The van der Waals surface area contributed by atoms with Gasteiger partial charge in [0.2, 0.25) is 0 Å². The van der Waals surface area contributed by atoms with Gasteiger partial charge in [0.05, 0.1) is 6.61 Å². The molecule has 2 rings (SSSR count). The van der Waals surface area contributed by atoms with Gasteiger partial charge in [-0.05, 0) is 67.3 Å². The molecule has 2 aromatic rings. The summed E-state index contributed by atoms with van der Waals surface area (Å²) in [5.41, 5.74) is 1.14. The molecule has 0 aliphatic rings. The van der Waals surface area contributed by atoms with Gasteiger partial charge in [0.25, 0.3) is 11.8 Å². The monoisotopic (exact) mass is 400 g/mol. The number of carbonyl (C=O) groups is 2. The van der Waals surface area contributed by atoms with Crippen LogP contribution in [0.2, 0.25) is 0 Å². The van der Waals surface area contributed by atoms with Crippen molar-refractivity contribution < 1.29 is 24.2 Å². The number of aliphatic hydroxyl groups is 1. The Hall–Kier alpha value is -3.06. The van der Waals surface area contributed by atoms with Crippen molar-refractivity contribution in [2.24, 2.45) is 5.92 Å². The van der Waals surface area contributed by atoms with E-state index in [1.54, 1.807) is 48.5 Å². The minimum absolute atomic E-state index is 0.196. The molecule has 0 aliphatic carbocycles. The molecule has 0 aliphatic heterocycles. The van der Waals surface area contributed by atoms with E-state index >= 15 is 0 Å². The number of ether oxygens (including phenoxy) is 2. The molecule has 0 bridgehead atoms. The van der Waals surface area contributed by atoms with Crippen LogP contribution in [0.1, 0.15) is 37.0 Å². The Balaban J connectivity index is 1.81. The largest absolute Gasteiger partial charge is 0.494 e. The van der Waals surface area contributed by atoms with Crippen molar-refractivity contribution in [3.8, 4) is 11.5 Å². The number of nitrogens with one attached hydrogen (secondary N) is 2. The van der Waals surface area contributed by atoms with Crippen LogP contribution >= 0.6 is 0 Å². The molecule has 0 aromatic heterocycles. The zero-order valence-corrected chi connectivity index (χ0v) is 16.8. The maximum atomic E-state index is 12.4. The highest BCUT2D eigenvalue weighted by atomic mass is 16.5. The van der Waals surface area contributed by atoms with Crippen LogP contribution in [0.3, 0.4) is 0 Å². The molecular formula is C22H28N2O5. The van der Waals surface area contributed by atoms with Crippen LogP contribution in [0.25, 0.3) is 0 Å². The molecule has 0 saturated heterocycles. The minimum atomic E-state index is -0.432. The predicted octanol–water partition coefficient (Wildman–Crippen LogP) is 3.20. The Labute approximate surface area is 171 Å². The minimum Gasteiger partial charge on any atom is -0.494 e. The Morgan fingerprint density at radius 1 is 0.966 bits per heavy atom. The number of hydrogen-bond acceptors (Lipinski definition) is 5. The predicted molar refractivity (Wildman–Crippen MR) is 111 cm³/mol. The molecule has 2 amide bonds. The van der Waals surface area contributed by atoms with Gasteiger partial charge in [-0.25, -0.2) is 0 Å². The number of aliphatic hydroxyl groups excluding tert-OH is 1. The van der Waals surface area contributed by atoms with E-state index in [4.69, 9.17) is 14.6 Å². The van der Waals surface area contributed by atoms with Crippen molar-refractivity contribution in [2.45, 2.75) is 26.7 Å². The summed E-state index contributed by atoms with van der Waals surface area (Å²) in [4.78, 5) is 23.6.